The number of hydrogen-bond donors (Lipinski definition) is 2. The van der Waals surface area contributed by atoms with Gasteiger partial charge in [0.25, 0.3) is 5.91 Å². The molecule has 1 saturated heterocycles. The van der Waals surface area contributed by atoms with Crippen LogP contribution in [0.2, 0.25) is 0 Å². The van der Waals surface area contributed by atoms with Crippen LogP contribution in [-0.4, -0.2) is 72.5 Å². The summed E-state index contributed by atoms with van der Waals surface area (Å²) in [7, 11) is 3.90. The molecule has 1 aliphatic heterocycles. The summed E-state index contributed by atoms with van der Waals surface area (Å²) < 4.78 is 0. The highest BCUT2D eigenvalue weighted by molar-refractivity contribution is 5.96. The van der Waals surface area contributed by atoms with Crippen molar-refractivity contribution in [2.75, 3.05) is 38.6 Å². The average Bonchev–Trinajstić information content (AvgIpc) is 2.80. The van der Waals surface area contributed by atoms with Crippen LogP contribution >= 0.6 is 0 Å². The summed E-state index contributed by atoms with van der Waals surface area (Å²) in [5.74, 6) is 0.926. The molecule has 2 N–H and O–H groups in total. The molecule has 0 unspecified atom stereocenters. The molecule has 2 aromatic rings. The summed E-state index contributed by atoms with van der Waals surface area (Å²) in [6.45, 7) is 3.71. The van der Waals surface area contributed by atoms with E-state index in [1.54, 1.807) is 6.07 Å². The number of aryl methyl sites for hydroxylation is 1. The summed E-state index contributed by atoms with van der Waals surface area (Å²) >= 11 is 0. The van der Waals surface area contributed by atoms with Crippen molar-refractivity contribution in [3.05, 3.63) is 53.3 Å². The Hall–Kier alpha value is -3.00. The maximum atomic E-state index is 12.2. The number of amides is 2. The molecule has 0 radical (unpaired) electrons. The Morgan fingerprint density at radius 2 is 1.79 bits per heavy atom. The van der Waals surface area contributed by atoms with Gasteiger partial charge in [-0.25, -0.2) is 9.97 Å². The highest BCUT2D eigenvalue weighted by Crippen LogP contribution is 2.35. The van der Waals surface area contributed by atoms with Crippen LogP contribution in [0.4, 0.5) is 5.95 Å². The van der Waals surface area contributed by atoms with Gasteiger partial charge in [-0.3, -0.25) is 14.5 Å². The minimum absolute atomic E-state index is 0.00304. The quantitative estimate of drug-likeness (QED) is 0.672. The number of likely N-dealkylation sites (tertiary alicyclic amines) is 1. The van der Waals surface area contributed by atoms with Gasteiger partial charge >= 0.3 is 0 Å². The van der Waals surface area contributed by atoms with Gasteiger partial charge in [-0.1, -0.05) is 17.7 Å². The van der Waals surface area contributed by atoms with Crippen molar-refractivity contribution in [2.45, 2.75) is 50.6 Å². The predicted molar refractivity (Wildman–Crippen MR) is 128 cm³/mol. The Bertz CT molecular complexity index is 963. The number of anilines is 1. The number of carbonyl (C=O) groups is 2. The van der Waals surface area contributed by atoms with Crippen molar-refractivity contribution in [3.8, 4) is 0 Å². The van der Waals surface area contributed by atoms with Crippen LogP contribution in [0.1, 0.15) is 53.1 Å². The molecule has 1 saturated carbocycles. The molecule has 0 bridgehead atoms. The maximum Gasteiger partial charge on any atom is 0.251 e. The second-order valence-corrected chi connectivity index (χ2v) is 9.49. The molecule has 2 heterocycles. The summed E-state index contributed by atoms with van der Waals surface area (Å²) in [6, 6.07) is 8.10. The predicted octanol–water partition coefficient (Wildman–Crippen LogP) is 2.11. The van der Waals surface area contributed by atoms with Crippen molar-refractivity contribution >= 4 is 17.8 Å². The van der Waals surface area contributed by atoms with E-state index in [1.165, 1.54) is 5.56 Å². The number of aromatic nitrogens is 2. The van der Waals surface area contributed by atoms with Gasteiger partial charge in [0.05, 0.1) is 12.6 Å². The third-order valence-electron chi connectivity index (χ3n) is 6.71. The van der Waals surface area contributed by atoms with Crippen molar-refractivity contribution in [1.82, 2.24) is 25.5 Å². The number of benzene rings is 1. The second-order valence-electron chi connectivity index (χ2n) is 9.49. The standard InChI is InChI=1S/C25H34N6O2/c1-17-5-4-6-19(11-17)24(33)26-14-23(32)29-21-15-31(16-21)22-9-7-18(8-10-22)20-12-27-25(28-13-20)30(2)3/h4-6,11-13,18,21-22H,7-10,14-16H2,1-3H3,(H,26,33)(H,29,32)/t18-,22+. The molecule has 2 aliphatic rings. The molecule has 0 atom stereocenters. The van der Waals surface area contributed by atoms with Gasteiger partial charge in [0.2, 0.25) is 11.9 Å². The number of nitrogens with zero attached hydrogens (tertiary/aromatic N) is 4. The Labute approximate surface area is 195 Å². The molecule has 4 rings (SSSR count). The first-order valence-corrected chi connectivity index (χ1v) is 11.8. The van der Waals surface area contributed by atoms with Crippen molar-refractivity contribution in [2.24, 2.45) is 0 Å². The molecule has 2 amide bonds. The Morgan fingerprint density at radius 1 is 1.09 bits per heavy atom. The Balaban J connectivity index is 1.14. The van der Waals surface area contributed by atoms with Crippen LogP contribution in [0.25, 0.3) is 0 Å². The van der Waals surface area contributed by atoms with E-state index in [0.29, 0.717) is 17.5 Å². The van der Waals surface area contributed by atoms with Gasteiger partial charge in [-0.15, -0.1) is 0 Å². The first kappa shape index (κ1) is 23.2. The zero-order chi connectivity index (χ0) is 23.4. The zero-order valence-electron chi connectivity index (χ0n) is 19.8. The van der Waals surface area contributed by atoms with Crippen molar-refractivity contribution in [3.63, 3.8) is 0 Å². The van der Waals surface area contributed by atoms with Crippen LogP contribution in [0.3, 0.4) is 0 Å². The molecule has 33 heavy (non-hydrogen) atoms. The Morgan fingerprint density at radius 3 is 2.42 bits per heavy atom. The van der Waals surface area contributed by atoms with E-state index in [4.69, 9.17) is 0 Å². The highest BCUT2D eigenvalue weighted by atomic mass is 16.2. The van der Waals surface area contributed by atoms with E-state index in [9.17, 15) is 9.59 Å². The van der Waals surface area contributed by atoms with Gasteiger partial charge < -0.3 is 15.5 Å². The van der Waals surface area contributed by atoms with Crippen LogP contribution in [0.15, 0.2) is 36.7 Å². The first-order valence-electron chi connectivity index (χ1n) is 11.8. The lowest BCUT2D eigenvalue weighted by Crippen LogP contribution is -2.63. The average molecular weight is 451 g/mol. The highest BCUT2D eigenvalue weighted by Gasteiger charge is 2.35. The van der Waals surface area contributed by atoms with Gasteiger partial charge in [-0.2, -0.15) is 0 Å². The van der Waals surface area contributed by atoms with Crippen LogP contribution in [0.5, 0.6) is 0 Å². The molecule has 0 spiro atoms. The lowest BCUT2D eigenvalue weighted by Gasteiger charge is -2.46. The minimum atomic E-state index is -0.220. The maximum absolute atomic E-state index is 12.2. The van der Waals surface area contributed by atoms with Gasteiger partial charge in [-0.05, 0) is 56.2 Å². The first-order chi connectivity index (χ1) is 15.9. The van der Waals surface area contributed by atoms with Crippen LogP contribution in [-0.2, 0) is 4.79 Å². The van der Waals surface area contributed by atoms with Crippen LogP contribution < -0.4 is 15.5 Å². The third-order valence-corrected chi connectivity index (χ3v) is 6.71. The molecule has 1 aromatic heterocycles. The van der Waals surface area contributed by atoms with Gasteiger partial charge in [0.15, 0.2) is 0 Å². The number of hydrogen-bond acceptors (Lipinski definition) is 6. The molecular weight excluding hydrogens is 416 g/mol. The van der Waals surface area contributed by atoms with E-state index in [0.717, 1.165) is 50.3 Å². The number of nitrogens with one attached hydrogen (secondary N) is 2. The third kappa shape index (κ3) is 5.87. The monoisotopic (exact) mass is 450 g/mol. The fraction of sp³-hybridized carbons (Fsp3) is 0.520. The Kier molecular flexibility index (Phi) is 7.23. The molecule has 1 aromatic carbocycles. The summed E-state index contributed by atoms with van der Waals surface area (Å²) in [4.78, 5) is 37.7. The largest absolute Gasteiger partial charge is 0.349 e. The smallest absolute Gasteiger partial charge is 0.251 e. The molecule has 2 fully saturated rings. The normalized spacial score (nSPS) is 21.2. The summed E-state index contributed by atoms with van der Waals surface area (Å²) in [6.07, 6.45) is 8.56. The minimum Gasteiger partial charge on any atom is -0.349 e. The number of carbonyl (C=O) groups excluding carboxylic acids is 2. The summed E-state index contributed by atoms with van der Waals surface area (Å²) in [5.41, 5.74) is 2.83. The lowest BCUT2D eigenvalue weighted by atomic mass is 9.81. The fourth-order valence-electron chi connectivity index (χ4n) is 4.78. The lowest BCUT2D eigenvalue weighted by molar-refractivity contribution is -0.122. The van der Waals surface area contributed by atoms with Crippen LogP contribution in [0, 0.1) is 6.92 Å². The fourth-order valence-corrected chi connectivity index (χ4v) is 4.78. The molecular formula is C25H34N6O2. The molecule has 176 valence electrons. The van der Waals surface area contributed by atoms with E-state index < -0.39 is 0 Å². The second kappa shape index (κ2) is 10.3. The van der Waals surface area contributed by atoms with E-state index in [1.807, 2.05) is 56.5 Å². The summed E-state index contributed by atoms with van der Waals surface area (Å²) in [5, 5.41) is 5.74. The van der Waals surface area contributed by atoms with E-state index >= 15 is 0 Å². The van der Waals surface area contributed by atoms with E-state index in [-0.39, 0.29) is 24.4 Å². The van der Waals surface area contributed by atoms with Gasteiger partial charge in [0, 0.05) is 51.2 Å². The molecule has 1 aliphatic carbocycles. The van der Waals surface area contributed by atoms with E-state index in [2.05, 4.69) is 25.5 Å². The zero-order valence-corrected chi connectivity index (χ0v) is 19.8. The number of rotatable bonds is 7. The van der Waals surface area contributed by atoms with Crippen molar-refractivity contribution in [1.29, 1.82) is 0 Å². The topological polar surface area (TPSA) is 90.5 Å². The van der Waals surface area contributed by atoms with Crippen molar-refractivity contribution < 1.29 is 9.59 Å². The molecule has 8 heteroatoms. The molecule has 8 nitrogen and oxygen atoms in total. The van der Waals surface area contributed by atoms with Gasteiger partial charge in [0.1, 0.15) is 0 Å². The SMILES string of the molecule is Cc1cccc(C(=O)NCC(=O)NC2CN([C@H]3CC[C@@H](c4cnc(N(C)C)nc4)CC3)C2)c1.